The highest BCUT2D eigenvalue weighted by Gasteiger charge is 2.37. The minimum absolute atomic E-state index is 0.266. The first kappa shape index (κ1) is 19.7. The summed E-state index contributed by atoms with van der Waals surface area (Å²) in [5, 5.41) is 9.58. The number of alkyl halides is 3. The fourth-order valence-corrected chi connectivity index (χ4v) is 4.25. The summed E-state index contributed by atoms with van der Waals surface area (Å²) in [6.45, 7) is 0.753. The summed E-state index contributed by atoms with van der Waals surface area (Å²) in [6, 6.07) is 9.01. The maximum absolute atomic E-state index is 13.2. The van der Waals surface area contributed by atoms with Gasteiger partial charge in [0.1, 0.15) is 11.4 Å². The monoisotopic (exact) mass is 444 g/mol. The Balaban J connectivity index is 1.39. The average Bonchev–Trinajstić information content (AvgIpc) is 3.48. The van der Waals surface area contributed by atoms with Crippen molar-refractivity contribution in [3.8, 4) is 22.6 Å². The van der Waals surface area contributed by atoms with E-state index in [9.17, 15) is 13.2 Å². The SMILES string of the molecule is FC(F)(F)c1[nH]nnc1-c1ccnc(-c2cn(C[C@H]3CCc4cc(Cl)ccc43)cn2)c1. The number of benzene rings is 1. The predicted molar refractivity (Wildman–Crippen MR) is 108 cm³/mol. The Hall–Kier alpha value is -3.20. The Morgan fingerprint density at radius 1 is 1.13 bits per heavy atom. The van der Waals surface area contributed by atoms with Crippen LogP contribution < -0.4 is 0 Å². The number of halogens is 4. The molecule has 0 bridgehead atoms. The number of pyridine rings is 1. The van der Waals surface area contributed by atoms with E-state index in [1.54, 1.807) is 6.33 Å². The summed E-state index contributed by atoms with van der Waals surface area (Å²) in [4.78, 5) is 8.68. The standard InChI is InChI=1S/C21H16ClF3N6/c22-15-3-4-16-12(7-15)1-2-14(16)9-31-10-18(27-11-31)17-8-13(5-6-26-17)19-20(21(23,24)25)29-30-28-19/h3-8,10-11,14H,1-2,9H2,(H,28,29,30)/t14-/m1/s1. The minimum atomic E-state index is -4.58. The van der Waals surface area contributed by atoms with E-state index in [0.29, 0.717) is 17.3 Å². The number of aromatic nitrogens is 6. The van der Waals surface area contributed by atoms with Gasteiger partial charge in [0, 0.05) is 35.4 Å². The van der Waals surface area contributed by atoms with Crippen molar-refractivity contribution in [2.75, 3.05) is 0 Å². The fourth-order valence-electron chi connectivity index (χ4n) is 4.06. The summed E-state index contributed by atoms with van der Waals surface area (Å²) in [5.41, 5.74) is 2.62. The lowest BCUT2D eigenvalue weighted by molar-refractivity contribution is -0.140. The number of rotatable bonds is 4. The van der Waals surface area contributed by atoms with Crippen LogP contribution in [0.3, 0.4) is 0 Å². The molecule has 1 aliphatic carbocycles. The number of hydrogen-bond donors (Lipinski definition) is 1. The number of hydrogen-bond acceptors (Lipinski definition) is 4. The van der Waals surface area contributed by atoms with Gasteiger partial charge in [0.05, 0.1) is 12.0 Å². The number of nitrogens with zero attached hydrogens (tertiary/aromatic N) is 5. The minimum Gasteiger partial charge on any atom is -0.336 e. The molecule has 0 saturated carbocycles. The molecule has 1 atom stereocenters. The second-order valence-corrected chi connectivity index (χ2v) is 7.93. The summed E-state index contributed by atoms with van der Waals surface area (Å²) < 4.78 is 41.5. The Kier molecular flexibility index (Phi) is 4.77. The molecule has 0 amide bonds. The van der Waals surface area contributed by atoms with E-state index in [-0.39, 0.29) is 11.3 Å². The van der Waals surface area contributed by atoms with Crippen molar-refractivity contribution < 1.29 is 13.2 Å². The van der Waals surface area contributed by atoms with Gasteiger partial charge in [0.25, 0.3) is 0 Å². The molecular weight excluding hydrogens is 429 g/mol. The highest BCUT2D eigenvalue weighted by molar-refractivity contribution is 6.30. The van der Waals surface area contributed by atoms with Crippen molar-refractivity contribution in [3.05, 3.63) is 70.9 Å². The topological polar surface area (TPSA) is 72.3 Å². The smallest absolute Gasteiger partial charge is 0.336 e. The first-order valence-corrected chi connectivity index (χ1v) is 10.0. The lowest BCUT2D eigenvalue weighted by Crippen LogP contribution is -2.07. The van der Waals surface area contributed by atoms with Gasteiger partial charge >= 0.3 is 6.18 Å². The molecule has 0 unspecified atom stereocenters. The van der Waals surface area contributed by atoms with Crippen LogP contribution in [-0.4, -0.2) is 29.9 Å². The third-order valence-electron chi connectivity index (χ3n) is 5.50. The Bertz CT molecular complexity index is 1250. The Morgan fingerprint density at radius 3 is 2.84 bits per heavy atom. The maximum Gasteiger partial charge on any atom is 0.435 e. The zero-order chi connectivity index (χ0) is 21.6. The van der Waals surface area contributed by atoms with Crippen LogP contribution >= 0.6 is 11.6 Å². The number of nitrogens with one attached hydrogen (secondary N) is 1. The lowest BCUT2D eigenvalue weighted by Gasteiger charge is -2.12. The molecule has 3 aromatic heterocycles. The number of fused-ring (bicyclic) bond motifs is 1. The van der Waals surface area contributed by atoms with E-state index >= 15 is 0 Å². The first-order chi connectivity index (χ1) is 14.9. The summed E-state index contributed by atoms with van der Waals surface area (Å²) in [6.07, 6.45) is 2.46. The van der Waals surface area contributed by atoms with Crippen LogP contribution in [-0.2, 0) is 19.1 Å². The van der Waals surface area contributed by atoms with Crippen molar-refractivity contribution in [2.45, 2.75) is 31.5 Å². The van der Waals surface area contributed by atoms with Crippen LogP contribution in [0.15, 0.2) is 49.1 Å². The largest absolute Gasteiger partial charge is 0.435 e. The maximum atomic E-state index is 13.2. The summed E-state index contributed by atoms with van der Waals surface area (Å²) in [7, 11) is 0. The summed E-state index contributed by atoms with van der Waals surface area (Å²) in [5.74, 6) is 0.359. The Morgan fingerprint density at radius 2 is 2.00 bits per heavy atom. The van der Waals surface area contributed by atoms with Crippen molar-refractivity contribution >= 4 is 11.6 Å². The molecular formula is C21H16ClF3N6. The van der Waals surface area contributed by atoms with Gasteiger partial charge in [-0.2, -0.15) is 13.2 Å². The van der Waals surface area contributed by atoms with E-state index < -0.39 is 11.9 Å². The number of imidazole rings is 1. The Labute approximate surface area is 180 Å². The first-order valence-electron chi connectivity index (χ1n) is 9.63. The molecule has 1 aliphatic rings. The molecule has 6 nitrogen and oxygen atoms in total. The third-order valence-corrected chi connectivity index (χ3v) is 5.73. The number of aryl methyl sites for hydroxylation is 1. The lowest BCUT2D eigenvalue weighted by atomic mass is 10.0. The van der Waals surface area contributed by atoms with E-state index in [0.717, 1.165) is 24.4 Å². The van der Waals surface area contributed by atoms with Crippen LogP contribution in [0.25, 0.3) is 22.6 Å². The van der Waals surface area contributed by atoms with Gasteiger partial charge in [-0.1, -0.05) is 22.9 Å². The molecule has 3 heterocycles. The number of H-pyrrole nitrogens is 1. The second kappa shape index (κ2) is 7.49. The van der Waals surface area contributed by atoms with E-state index in [1.807, 2.05) is 28.0 Å². The molecule has 1 N–H and O–H groups in total. The summed E-state index contributed by atoms with van der Waals surface area (Å²) >= 11 is 6.09. The molecule has 0 spiro atoms. The third kappa shape index (κ3) is 3.81. The van der Waals surface area contributed by atoms with Gasteiger partial charge in [0.15, 0.2) is 5.69 Å². The molecule has 158 valence electrons. The molecule has 0 saturated heterocycles. The van der Waals surface area contributed by atoms with Gasteiger partial charge in [-0.3, -0.25) is 10.1 Å². The molecule has 5 rings (SSSR count). The van der Waals surface area contributed by atoms with Gasteiger partial charge in [-0.15, -0.1) is 5.10 Å². The molecule has 0 radical (unpaired) electrons. The molecule has 10 heteroatoms. The average molecular weight is 445 g/mol. The quantitative estimate of drug-likeness (QED) is 0.473. The van der Waals surface area contributed by atoms with E-state index in [1.165, 1.54) is 29.5 Å². The van der Waals surface area contributed by atoms with Gasteiger partial charge < -0.3 is 4.57 Å². The van der Waals surface area contributed by atoms with Gasteiger partial charge in [-0.05, 0) is 48.2 Å². The van der Waals surface area contributed by atoms with Crippen molar-refractivity contribution in [3.63, 3.8) is 0 Å². The van der Waals surface area contributed by atoms with Gasteiger partial charge in [0.2, 0.25) is 0 Å². The van der Waals surface area contributed by atoms with Crippen LogP contribution in [0, 0.1) is 0 Å². The van der Waals surface area contributed by atoms with Crippen LogP contribution in [0.4, 0.5) is 13.2 Å². The molecule has 4 aromatic rings. The fraction of sp³-hybridized carbons (Fsp3) is 0.238. The van der Waals surface area contributed by atoms with Crippen LogP contribution in [0.5, 0.6) is 0 Å². The van der Waals surface area contributed by atoms with Gasteiger partial charge in [-0.25, -0.2) is 4.98 Å². The van der Waals surface area contributed by atoms with Crippen LogP contribution in [0.2, 0.25) is 5.02 Å². The van der Waals surface area contributed by atoms with Crippen molar-refractivity contribution in [1.82, 2.24) is 29.9 Å². The normalized spacial score (nSPS) is 15.9. The van der Waals surface area contributed by atoms with E-state index in [4.69, 9.17) is 11.6 Å². The highest BCUT2D eigenvalue weighted by atomic mass is 35.5. The second-order valence-electron chi connectivity index (χ2n) is 7.50. The number of aromatic amines is 1. The molecule has 1 aromatic carbocycles. The van der Waals surface area contributed by atoms with Crippen molar-refractivity contribution in [1.29, 1.82) is 0 Å². The molecule has 31 heavy (non-hydrogen) atoms. The molecule has 0 fully saturated rings. The van der Waals surface area contributed by atoms with Crippen LogP contribution in [0.1, 0.15) is 29.2 Å². The van der Waals surface area contributed by atoms with E-state index in [2.05, 4.69) is 26.3 Å². The highest BCUT2D eigenvalue weighted by Crippen LogP contribution is 2.37. The zero-order valence-corrected chi connectivity index (χ0v) is 16.8. The van der Waals surface area contributed by atoms with Crippen molar-refractivity contribution in [2.24, 2.45) is 0 Å². The zero-order valence-electron chi connectivity index (χ0n) is 16.1. The predicted octanol–water partition coefficient (Wildman–Crippen LogP) is 5.13. The molecule has 0 aliphatic heterocycles.